The van der Waals surface area contributed by atoms with E-state index in [1.807, 2.05) is 31.3 Å². The van der Waals surface area contributed by atoms with Crippen LogP contribution in [-0.4, -0.2) is 45.9 Å². The van der Waals surface area contributed by atoms with Crippen LogP contribution in [0, 0.1) is 0 Å². The molecule has 1 aliphatic rings. The average molecular weight is 250 g/mol. The maximum atomic E-state index is 12.2. The number of anilines is 1. The fraction of sp³-hybridized carbons (Fsp3) is 0.462. The zero-order valence-electron chi connectivity index (χ0n) is 10.7. The van der Waals surface area contributed by atoms with Gasteiger partial charge in [0.2, 0.25) is 0 Å². The van der Waals surface area contributed by atoms with E-state index in [2.05, 4.69) is 5.32 Å². The highest BCUT2D eigenvalue weighted by Gasteiger charge is 2.29. The van der Waals surface area contributed by atoms with Crippen LogP contribution < -0.4 is 15.0 Å². The van der Waals surface area contributed by atoms with Gasteiger partial charge in [0.25, 0.3) is 5.91 Å². The molecule has 5 nitrogen and oxygen atoms in total. The van der Waals surface area contributed by atoms with Crippen LogP contribution in [-0.2, 0) is 9.53 Å². The van der Waals surface area contributed by atoms with Crippen molar-refractivity contribution in [1.82, 2.24) is 5.32 Å². The van der Waals surface area contributed by atoms with Crippen LogP contribution in [0.25, 0.3) is 0 Å². The highest BCUT2D eigenvalue weighted by atomic mass is 16.5. The number of hydrogen-bond donors (Lipinski definition) is 1. The van der Waals surface area contributed by atoms with Gasteiger partial charge in [0.15, 0.2) is 0 Å². The molecule has 1 unspecified atom stereocenters. The molecular formula is C13H18N2O3. The molecule has 18 heavy (non-hydrogen) atoms. The summed E-state index contributed by atoms with van der Waals surface area (Å²) in [4.78, 5) is 14.0. The molecule has 1 aromatic rings. The summed E-state index contributed by atoms with van der Waals surface area (Å²) in [7, 11) is 3.43. The number of amides is 1. The number of carbonyl (C=O) groups excluding carboxylic acids is 1. The second kappa shape index (κ2) is 5.84. The SMILES string of the molecule is CNCC1OCCN(c2ccc(OC)cc2)C1=O. The standard InChI is InChI=1S/C13H18N2O3/c1-14-9-12-13(16)15(7-8-18-12)10-3-5-11(17-2)6-4-10/h3-6,12,14H,7-9H2,1-2H3. The molecule has 0 bridgehead atoms. The second-order valence-electron chi connectivity index (χ2n) is 4.11. The normalized spacial score (nSPS) is 20.0. The van der Waals surface area contributed by atoms with Crippen LogP contribution >= 0.6 is 0 Å². The van der Waals surface area contributed by atoms with E-state index in [9.17, 15) is 4.79 Å². The Morgan fingerprint density at radius 1 is 1.44 bits per heavy atom. The van der Waals surface area contributed by atoms with Crippen molar-refractivity contribution >= 4 is 11.6 Å². The van der Waals surface area contributed by atoms with Gasteiger partial charge < -0.3 is 19.7 Å². The van der Waals surface area contributed by atoms with Gasteiger partial charge in [0.1, 0.15) is 11.9 Å². The monoisotopic (exact) mass is 250 g/mol. The van der Waals surface area contributed by atoms with E-state index in [1.165, 1.54) is 0 Å². The fourth-order valence-electron chi connectivity index (χ4n) is 1.99. The van der Waals surface area contributed by atoms with Gasteiger partial charge in [-0.15, -0.1) is 0 Å². The molecule has 1 heterocycles. The summed E-state index contributed by atoms with van der Waals surface area (Å²) in [6, 6.07) is 7.48. The van der Waals surface area contributed by atoms with Gasteiger partial charge in [0.05, 0.1) is 13.7 Å². The summed E-state index contributed by atoms with van der Waals surface area (Å²) in [6.45, 7) is 1.68. The molecule has 0 radical (unpaired) electrons. The zero-order valence-corrected chi connectivity index (χ0v) is 10.7. The molecule has 1 saturated heterocycles. The first-order valence-corrected chi connectivity index (χ1v) is 5.98. The van der Waals surface area contributed by atoms with Crippen LogP contribution in [0.15, 0.2) is 24.3 Å². The maximum Gasteiger partial charge on any atom is 0.257 e. The van der Waals surface area contributed by atoms with E-state index in [0.717, 1.165) is 11.4 Å². The highest BCUT2D eigenvalue weighted by molar-refractivity contribution is 5.97. The number of rotatable bonds is 4. The Kier molecular flexibility index (Phi) is 4.17. The predicted octanol–water partition coefficient (Wildman–Crippen LogP) is 0.646. The maximum absolute atomic E-state index is 12.2. The van der Waals surface area contributed by atoms with E-state index >= 15 is 0 Å². The van der Waals surface area contributed by atoms with Crippen LogP contribution in [0.1, 0.15) is 0 Å². The minimum Gasteiger partial charge on any atom is -0.497 e. The van der Waals surface area contributed by atoms with E-state index in [1.54, 1.807) is 12.0 Å². The number of methoxy groups -OCH3 is 1. The van der Waals surface area contributed by atoms with Crippen molar-refractivity contribution in [3.8, 4) is 5.75 Å². The Balaban J connectivity index is 2.13. The van der Waals surface area contributed by atoms with Gasteiger partial charge in [0, 0.05) is 18.8 Å². The van der Waals surface area contributed by atoms with Crippen molar-refractivity contribution in [1.29, 1.82) is 0 Å². The number of likely N-dealkylation sites (N-methyl/N-ethyl adjacent to an activating group) is 1. The third-order valence-electron chi connectivity index (χ3n) is 2.95. The molecule has 0 aromatic heterocycles. The van der Waals surface area contributed by atoms with Crippen molar-refractivity contribution in [3.63, 3.8) is 0 Å². The summed E-state index contributed by atoms with van der Waals surface area (Å²) >= 11 is 0. The molecule has 1 aliphatic heterocycles. The molecule has 1 fully saturated rings. The van der Waals surface area contributed by atoms with Gasteiger partial charge in [-0.25, -0.2) is 0 Å². The second-order valence-corrected chi connectivity index (χ2v) is 4.11. The van der Waals surface area contributed by atoms with Crippen LogP contribution in [0.5, 0.6) is 5.75 Å². The molecule has 0 saturated carbocycles. The Bertz CT molecular complexity index is 403. The highest BCUT2D eigenvalue weighted by Crippen LogP contribution is 2.21. The summed E-state index contributed by atoms with van der Waals surface area (Å²) in [5.74, 6) is 0.784. The molecule has 1 aromatic carbocycles. The largest absolute Gasteiger partial charge is 0.497 e. The molecule has 5 heteroatoms. The third kappa shape index (κ3) is 2.63. The fourth-order valence-corrected chi connectivity index (χ4v) is 1.99. The summed E-state index contributed by atoms with van der Waals surface area (Å²) in [6.07, 6.45) is -0.397. The van der Waals surface area contributed by atoms with E-state index < -0.39 is 6.10 Å². The van der Waals surface area contributed by atoms with Crippen molar-refractivity contribution in [3.05, 3.63) is 24.3 Å². The van der Waals surface area contributed by atoms with E-state index in [4.69, 9.17) is 9.47 Å². The number of hydrogen-bond acceptors (Lipinski definition) is 4. The first kappa shape index (κ1) is 12.9. The summed E-state index contributed by atoms with van der Waals surface area (Å²) in [5, 5.41) is 2.97. The third-order valence-corrected chi connectivity index (χ3v) is 2.95. The number of morpholine rings is 1. The average Bonchev–Trinajstić information content (AvgIpc) is 2.42. The van der Waals surface area contributed by atoms with Crippen molar-refractivity contribution < 1.29 is 14.3 Å². The van der Waals surface area contributed by atoms with E-state index in [-0.39, 0.29) is 5.91 Å². The summed E-state index contributed by atoms with van der Waals surface area (Å²) < 4.78 is 10.6. The first-order chi connectivity index (χ1) is 8.76. The lowest BCUT2D eigenvalue weighted by molar-refractivity contribution is -0.133. The lowest BCUT2D eigenvalue weighted by atomic mass is 10.2. The minimum atomic E-state index is -0.397. The molecule has 98 valence electrons. The van der Waals surface area contributed by atoms with Crippen LogP contribution in [0.3, 0.4) is 0 Å². The Hall–Kier alpha value is -1.59. The molecule has 0 aliphatic carbocycles. The molecule has 2 rings (SSSR count). The smallest absolute Gasteiger partial charge is 0.257 e. The first-order valence-electron chi connectivity index (χ1n) is 5.98. The topological polar surface area (TPSA) is 50.8 Å². The quantitative estimate of drug-likeness (QED) is 0.852. The number of nitrogens with one attached hydrogen (secondary N) is 1. The minimum absolute atomic E-state index is 0.000710. The predicted molar refractivity (Wildman–Crippen MR) is 69.0 cm³/mol. The Labute approximate surface area is 107 Å². The number of nitrogens with zero attached hydrogens (tertiary/aromatic N) is 1. The van der Waals surface area contributed by atoms with Gasteiger partial charge in [-0.3, -0.25) is 4.79 Å². The van der Waals surface area contributed by atoms with Gasteiger partial charge in [-0.1, -0.05) is 0 Å². The zero-order chi connectivity index (χ0) is 13.0. The van der Waals surface area contributed by atoms with Crippen molar-refractivity contribution in [2.45, 2.75) is 6.10 Å². The van der Waals surface area contributed by atoms with Crippen LogP contribution in [0.2, 0.25) is 0 Å². The van der Waals surface area contributed by atoms with Gasteiger partial charge in [-0.05, 0) is 31.3 Å². The lowest BCUT2D eigenvalue weighted by Crippen LogP contribution is -2.51. The molecule has 1 amide bonds. The van der Waals surface area contributed by atoms with Gasteiger partial charge in [-0.2, -0.15) is 0 Å². The molecule has 0 spiro atoms. The molecule has 1 atom stereocenters. The molecule has 1 N–H and O–H groups in total. The summed E-state index contributed by atoms with van der Waals surface area (Å²) in [5.41, 5.74) is 0.880. The number of benzene rings is 1. The lowest BCUT2D eigenvalue weighted by Gasteiger charge is -2.32. The number of ether oxygens (including phenoxy) is 2. The van der Waals surface area contributed by atoms with Gasteiger partial charge >= 0.3 is 0 Å². The Morgan fingerprint density at radius 3 is 2.78 bits per heavy atom. The van der Waals surface area contributed by atoms with Crippen LogP contribution in [0.4, 0.5) is 5.69 Å². The Morgan fingerprint density at radius 2 is 2.17 bits per heavy atom. The van der Waals surface area contributed by atoms with Crippen molar-refractivity contribution in [2.75, 3.05) is 38.8 Å². The van der Waals surface area contributed by atoms with E-state index in [0.29, 0.717) is 19.7 Å². The van der Waals surface area contributed by atoms with Crippen molar-refractivity contribution in [2.24, 2.45) is 0 Å². The molecular weight excluding hydrogens is 232 g/mol. The number of carbonyl (C=O) groups is 1.